The van der Waals surface area contributed by atoms with Crippen molar-refractivity contribution in [3.05, 3.63) is 12.2 Å². The first-order valence-electron chi connectivity index (χ1n) is 42.9. The lowest BCUT2D eigenvalue weighted by molar-refractivity contribution is -0.143. The monoisotopic (exact) mass is 1300 g/mol. The maximum absolute atomic E-state index is 12.6. The molecule has 0 rings (SSSR count). The molecule has 0 fully saturated rings. The standard InChI is InChI=1S/C86H169NO5/c1-3-5-7-9-11-13-15-17-19-20-21-22-23-39-42-45-48-51-54-58-62-66-70-74-78-84(89)83(82-88)87-85(90)79-75-71-67-63-59-55-52-49-46-43-40-37-35-33-31-29-27-25-24-26-28-30-32-34-36-38-41-44-47-50-53-57-61-65-69-73-77-81-92-86(91)80-76-72-68-64-60-56-18-16-14-12-10-8-6-4-2/h24,26,83-84,88-89H,3-23,25,27-82H2,1-2H3,(H,87,90)/b26-24-. The quantitative estimate of drug-likeness (QED) is 0.0320. The van der Waals surface area contributed by atoms with Gasteiger partial charge in [0.25, 0.3) is 0 Å². The summed E-state index contributed by atoms with van der Waals surface area (Å²) < 4.78 is 5.50. The molecule has 548 valence electrons. The number of esters is 1. The number of allylic oxidation sites excluding steroid dienone is 2. The zero-order chi connectivity index (χ0) is 66.3. The number of unbranched alkanes of at least 4 members (excludes halogenated alkanes) is 69. The minimum Gasteiger partial charge on any atom is -0.466 e. The summed E-state index contributed by atoms with van der Waals surface area (Å²) >= 11 is 0. The fourth-order valence-electron chi connectivity index (χ4n) is 14.1. The highest BCUT2D eigenvalue weighted by molar-refractivity contribution is 5.76. The Hall–Kier alpha value is -1.40. The van der Waals surface area contributed by atoms with Gasteiger partial charge in [0.2, 0.25) is 5.91 Å². The molecule has 1 amide bonds. The van der Waals surface area contributed by atoms with Crippen molar-refractivity contribution >= 4 is 11.9 Å². The average molecular weight is 1300 g/mol. The average Bonchev–Trinajstić information content (AvgIpc) is 3.54. The van der Waals surface area contributed by atoms with E-state index < -0.39 is 12.1 Å². The first kappa shape index (κ1) is 90.6. The fraction of sp³-hybridized carbons (Fsp3) is 0.953. The molecule has 2 atom stereocenters. The third-order valence-corrected chi connectivity index (χ3v) is 20.6. The third-order valence-electron chi connectivity index (χ3n) is 20.6. The predicted octanol–water partition coefficient (Wildman–Crippen LogP) is 28.6. The van der Waals surface area contributed by atoms with Crippen LogP contribution in [0.4, 0.5) is 0 Å². The van der Waals surface area contributed by atoms with E-state index in [1.807, 2.05) is 0 Å². The second kappa shape index (κ2) is 82.0. The van der Waals surface area contributed by atoms with E-state index in [0.717, 1.165) is 38.5 Å². The Labute approximate surface area is 578 Å². The van der Waals surface area contributed by atoms with Crippen LogP contribution >= 0.6 is 0 Å². The van der Waals surface area contributed by atoms with E-state index in [0.29, 0.717) is 25.9 Å². The van der Waals surface area contributed by atoms with Gasteiger partial charge in [-0.3, -0.25) is 9.59 Å². The Morgan fingerprint density at radius 2 is 0.511 bits per heavy atom. The van der Waals surface area contributed by atoms with Gasteiger partial charge in [-0.15, -0.1) is 0 Å². The molecular formula is C86H169NO5. The largest absolute Gasteiger partial charge is 0.466 e. The van der Waals surface area contributed by atoms with Gasteiger partial charge in [-0.05, 0) is 51.4 Å². The summed E-state index contributed by atoms with van der Waals surface area (Å²) in [7, 11) is 0. The molecule has 0 heterocycles. The maximum atomic E-state index is 12.6. The van der Waals surface area contributed by atoms with Crippen LogP contribution in [0.15, 0.2) is 12.2 Å². The predicted molar refractivity (Wildman–Crippen MR) is 407 cm³/mol. The van der Waals surface area contributed by atoms with Crippen molar-refractivity contribution in [2.45, 2.75) is 514 Å². The number of carbonyl (C=O) groups is 2. The smallest absolute Gasteiger partial charge is 0.305 e. The van der Waals surface area contributed by atoms with Crippen molar-refractivity contribution in [2.75, 3.05) is 13.2 Å². The summed E-state index contributed by atoms with van der Waals surface area (Å²) in [6.45, 7) is 5.02. The van der Waals surface area contributed by atoms with Gasteiger partial charge >= 0.3 is 5.97 Å². The van der Waals surface area contributed by atoms with Crippen LogP contribution in [0.2, 0.25) is 0 Å². The molecule has 0 aliphatic heterocycles. The molecule has 0 aliphatic rings. The van der Waals surface area contributed by atoms with Crippen LogP contribution in [-0.2, 0) is 14.3 Å². The number of rotatable bonds is 82. The highest BCUT2D eigenvalue weighted by atomic mass is 16.5. The van der Waals surface area contributed by atoms with E-state index in [4.69, 9.17) is 4.74 Å². The minimum atomic E-state index is -0.663. The van der Waals surface area contributed by atoms with Crippen molar-refractivity contribution in [2.24, 2.45) is 0 Å². The molecule has 0 aromatic rings. The SMILES string of the molecule is CCCCCCCCCCCCCCCCCCCCCCCCCCC(O)C(CO)NC(=O)CCCCCCCCCCCCCCCCCCC/C=C\CCCCCCCCCCCCCCCCCCOC(=O)CCCCCCCCCCCCCCCC. The van der Waals surface area contributed by atoms with Crippen molar-refractivity contribution < 1.29 is 24.5 Å². The van der Waals surface area contributed by atoms with Gasteiger partial charge in [0.15, 0.2) is 0 Å². The van der Waals surface area contributed by atoms with Gasteiger partial charge in [-0.1, -0.05) is 450 Å². The maximum Gasteiger partial charge on any atom is 0.305 e. The molecule has 0 saturated heterocycles. The van der Waals surface area contributed by atoms with E-state index in [2.05, 4.69) is 31.3 Å². The van der Waals surface area contributed by atoms with E-state index in [-0.39, 0.29) is 18.5 Å². The van der Waals surface area contributed by atoms with Gasteiger partial charge in [0.1, 0.15) is 0 Å². The first-order valence-corrected chi connectivity index (χ1v) is 42.9. The molecule has 6 nitrogen and oxygen atoms in total. The molecular weight excluding hydrogens is 1130 g/mol. The van der Waals surface area contributed by atoms with Gasteiger partial charge in [0.05, 0.1) is 25.4 Å². The molecule has 0 aliphatic carbocycles. The van der Waals surface area contributed by atoms with Crippen molar-refractivity contribution in [3.63, 3.8) is 0 Å². The molecule has 3 N–H and O–H groups in total. The molecule has 6 heteroatoms. The second-order valence-electron chi connectivity index (χ2n) is 29.9. The first-order chi connectivity index (χ1) is 45.5. The van der Waals surface area contributed by atoms with Crippen LogP contribution in [0.25, 0.3) is 0 Å². The molecule has 2 unspecified atom stereocenters. The number of hydrogen-bond acceptors (Lipinski definition) is 5. The number of ether oxygens (including phenoxy) is 1. The highest BCUT2D eigenvalue weighted by Gasteiger charge is 2.20. The Bertz CT molecular complexity index is 1400. The summed E-state index contributed by atoms with van der Waals surface area (Å²) in [6.07, 6.45) is 105. The van der Waals surface area contributed by atoms with E-state index in [1.165, 1.54) is 430 Å². The Kier molecular flexibility index (Phi) is 80.8. The third kappa shape index (κ3) is 77.6. The number of aliphatic hydroxyl groups excluding tert-OH is 2. The molecule has 0 radical (unpaired) electrons. The summed E-state index contributed by atoms with van der Waals surface area (Å²) in [4.78, 5) is 24.7. The van der Waals surface area contributed by atoms with Crippen LogP contribution in [-0.4, -0.2) is 47.4 Å². The Morgan fingerprint density at radius 3 is 0.772 bits per heavy atom. The molecule has 0 aromatic carbocycles. The molecule has 92 heavy (non-hydrogen) atoms. The topological polar surface area (TPSA) is 95.9 Å². The van der Waals surface area contributed by atoms with E-state index >= 15 is 0 Å². The summed E-state index contributed by atoms with van der Waals surface area (Å²) in [5.74, 6) is 0.000742. The number of nitrogens with one attached hydrogen (secondary N) is 1. The normalized spacial score (nSPS) is 12.4. The molecule has 0 spiro atoms. The lowest BCUT2D eigenvalue weighted by atomic mass is 10.0. The molecule has 0 saturated carbocycles. The lowest BCUT2D eigenvalue weighted by Crippen LogP contribution is -2.45. The van der Waals surface area contributed by atoms with Gasteiger partial charge in [0, 0.05) is 12.8 Å². The van der Waals surface area contributed by atoms with Gasteiger partial charge < -0.3 is 20.3 Å². The Balaban J connectivity index is 3.33. The lowest BCUT2D eigenvalue weighted by Gasteiger charge is -2.22. The van der Waals surface area contributed by atoms with Gasteiger partial charge in [-0.2, -0.15) is 0 Å². The van der Waals surface area contributed by atoms with Crippen molar-refractivity contribution in [1.29, 1.82) is 0 Å². The highest BCUT2D eigenvalue weighted by Crippen LogP contribution is 2.21. The second-order valence-corrected chi connectivity index (χ2v) is 29.9. The van der Waals surface area contributed by atoms with Crippen LogP contribution in [0, 0.1) is 0 Å². The van der Waals surface area contributed by atoms with Crippen molar-refractivity contribution in [1.82, 2.24) is 5.32 Å². The van der Waals surface area contributed by atoms with E-state index in [9.17, 15) is 19.8 Å². The van der Waals surface area contributed by atoms with Crippen LogP contribution in [0.3, 0.4) is 0 Å². The number of aliphatic hydroxyl groups is 2. The van der Waals surface area contributed by atoms with Crippen LogP contribution in [0.1, 0.15) is 502 Å². The summed E-state index contributed by atoms with van der Waals surface area (Å²) in [6, 6.07) is -0.539. The summed E-state index contributed by atoms with van der Waals surface area (Å²) in [5, 5.41) is 23.5. The van der Waals surface area contributed by atoms with E-state index in [1.54, 1.807) is 0 Å². The summed E-state index contributed by atoms with van der Waals surface area (Å²) in [5.41, 5.74) is 0. The number of amides is 1. The molecule has 0 bridgehead atoms. The van der Waals surface area contributed by atoms with Crippen LogP contribution < -0.4 is 5.32 Å². The Morgan fingerprint density at radius 1 is 0.293 bits per heavy atom. The van der Waals surface area contributed by atoms with Crippen molar-refractivity contribution in [3.8, 4) is 0 Å². The minimum absolute atomic E-state index is 0.0244. The zero-order valence-corrected chi connectivity index (χ0v) is 63.1. The number of carbonyl (C=O) groups excluding carboxylic acids is 2. The van der Waals surface area contributed by atoms with Crippen LogP contribution in [0.5, 0.6) is 0 Å². The fourth-order valence-corrected chi connectivity index (χ4v) is 14.1. The zero-order valence-electron chi connectivity index (χ0n) is 63.1. The molecule has 0 aromatic heterocycles. The number of hydrogen-bond donors (Lipinski definition) is 3. The van der Waals surface area contributed by atoms with Gasteiger partial charge in [-0.25, -0.2) is 0 Å².